The second kappa shape index (κ2) is 5.53. The third kappa shape index (κ3) is 3.10. The number of sulfonamides is 1. The maximum Gasteiger partial charge on any atom is 0.261 e. The monoisotopic (exact) mass is 306 g/mol. The number of anilines is 1. The van der Waals surface area contributed by atoms with Crippen LogP contribution in [0.1, 0.15) is 11.1 Å². The SMILES string of the molecule is Cc1cccc(S(=O)(=O)Nc2cc(C#N)ccc2Cl)c1. The zero-order valence-electron chi connectivity index (χ0n) is 10.6. The molecule has 0 saturated heterocycles. The van der Waals surface area contributed by atoms with Gasteiger partial charge in [0.1, 0.15) is 0 Å². The van der Waals surface area contributed by atoms with Crippen LogP contribution >= 0.6 is 11.6 Å². The fraction of sp³-hybridized carbons (Fsp3) is 0.0714. The third-order valence-electron chi connectivity index (χ3n) is 2.64. The lowest BCUT2D eigenvalue weighted by Crippen LogP contribution is -2.13. The molecule has 4 nitrogen and oxygen atoms in total. The highest BCUT2D eigenvalue weighted by atomic mass is 35.5. The molecular formula is C14H11ClN2O2S. The first-order chi connectivity index (χ1) is 9.42. The van der Waals surface area contributed by atoms with Crippen LogP contribution in [-0.2, 0) is 10.0 Å². The van der Waals surface area contributed by atoms with Crippen molar-refractivity contribution in [3.8, 4) is 6.07 Å². The molecule has 0 saturated carbocycles. The van der Waals surface area contributed by atoms with Gasteiger partial charge in [-0.05, 0) is 42.8 Å². The molecule has 1 N–H and O–H groups in total. The highest BCUT2D eigenvalue weighted by Gasteiger charge is 2.16. The summed E-state index contributed by atoms with van der Waals surface area (Å²) in [7, 11) is -3.73. The predicted molar refractivity (Wildman–Crippen MR) is 78.2 cm³/mol. The lowest BCUT2D eigenvalue weighted by molar-refractivity contribution is 0.601. The summed E-state index contributed by atoms with van der Waals surface area (Å²) in [6.07, 6.45) is 0. The van der Waals surface area contributed by atoms with Gasteiger partial charge in [0.2, 0.25) is 0 Å². The fourth-order valence-electron chi connectivity index (χ4n) is 1.66. The van der Waals surface area contributed by atoms with Crippen molar-refractivity contribution < 1.29 is 8.42 Å². The highest BCUT2D eigenvalue weighted by Crippen LogP contribution is 2.25. The van der Waals surface area contributed by atoms with Crippen LogP contribution in [0.3, 0.4) is 0 Å². The fourth-order valence-corrected chi connectivity index (χ4v) is 3.06. The molecular weight excluding hydrogens is 296 g/mol. The molecule has 0 heterocycles. The molecule has 2 aromatic rings. The molecule has 0 aliphatic rings. The summed E-state index contributed by atoms with van der Waals surface area (Å²) in [4.78, 5) is 0.149. The highest BCUT2D eigenvalue weighted by molar-refractivity contribution is 7.92. The third-order valence-corrected chi connectivity index (χ3v) is 4.33. The van der Waals surface area contributed by atoms with Gasteiger partial charge in [-0.15, -0.1) is 0 Å². The number of halogens is 1. The average molecular weight is 307 g/mol. The Bertz CT molecular complexity index is 795. The summed E-state index contributed by atoms with van der Waals surface area (Å²) in [5, 5.41) is 9.07. The minimum absolute atomic E-state index is 0.149. The van der Waals surface area contributed by atoms with Crippen LogP contribution in [0.4, 0.5) is 5.69 Å². The maximum atomic E-state index is 12.3. The van der Waals surface area contributed by atoms with Gasteiger partial charge >= 0.3 is 0 Å². The lowest BCUT2D eigenvalue weighted by atomic mass is 10.2. The van der Waals surface area contributed by atoms with Crippen molar-refractivity contribution >= 4 is 27.3 Å². The number of hydrogen-bond acceptors (Lipinski definition) is 3. The number of aryl methyl sites for hydroxylation is 1. The van der Waals surface area contributed by atoms with Crippen molar-refractivity contribution in [2.24, 2.45) is 0 Å². The molecule has 0 amide bonds. The molecule has 0 aliphatic heterocycles. The van der Waals surface area contributed by atoms with E-state index in [1.165, 1.54) is 24.3 Å². The summed E-state index contributed by atoms with van der Waals surface area (Å²) >= 11 is 5.94. The van der Waals surface area contributed by atoms with Gasteiger partial charge in [0.25, 0.3) is 10.0 Å². The van der Waals surface area contributed by atoms with E-state index >= 15 is 0 Å². The van der Waals surface area contributed by atoms with Crippen molar-refractivity contribution in [2.45, 2.75) is 11.8 Å². The molecule has 0 radical (unpaired) electrons. The predicted octanol–water partition coefficient (Wildman–Crippen LogP) is 3.32. The standard InChI is InChI=1S/C14H11ClN2O2S/c1-10-3-2-4-12(7-10)20(18,19)17-14-8-11(9-16)5-6-13(14)15/h2-8,17H,1H3. The summed E-state index contributed by atoms with van der Waals surface area (Å²) < 4.78 is 26.9. The number of benzene rings is 2. The van der Waals surface area contributed by atoms with Crippen molar-refractivity contribution in [3.05, 3.63) is 58.6 Å². The van der Waals surface area contributed by atoms with Gasteiger partial charge < -0.3 is 0 Å². The van der Waals surface area contributed by atoms with Crippen molar-refractivity contribution in [1.82, 2.24) is 0 Å². The largest absolute Gasteiger partial charge is 0.278 e. The first-order valence-electron chi connectivity index (χ1n) is 5.71. The van der Waals surface area contributed by atoms with Gasteiger partial charge in [-0.25, -0.2) is 8.42 Å². The van der Waals surface area contributed by atoms with Crippen molar-refractivity contribution in [2.75, 3.05) is 4.72 Å². The Hall–Kier alpha value is -2.03. The van der Waals surface area contributed by atoms with Gasteiger partial charge in [-0.3, -0.25) is 4.72 Å². The number of rotatable bonds is 3. The van der Waals surface area contributed by atoms with Gasteiger partial charge in [-0.1, -0.05) is 23.7 Å². The molecule has 2 rings (SSSR count). The van der Waals surface area contributed by atoms with Crippen molar-refractivity contribution in [1.29, 1.82) is 5.26 Å². The zero-order valence-corrected chi connectivity index (χ0v) is 12.2. The van der Waals surface area contributed by atoms with Crippen LogP contribution in [0.25, 0.3) is 0 Å². The van der Waals surface area contributed by atoms with E-state index in [9.17, 15) is 8.42 Å². The Balaban J connectivity index is 2.41. The number of nitrogens with one attached hydrogen (secondary N) is 1. The van der Waals surface area contributed by atoms with Gasteiger partial charge in [0.05, 0.1) is 27.2 Å². The molecule has 0 atom stereocenters. The molecule has 0 fully saturated rings. The van der Waals surface area contributed by atoms with E-state index in [-0.39, 0.29) is 15.6 Å². The second-order valence-electron chi connectivity index (χ2n) is 4.23. The summed E-state index contributed by atoms with van der Waals surface area (Å²) in [6, 6.07) is 12.9. The average Bonchev–Trinajstić information content (AvgIpc) is 2.41. The van der Waals surface area contributed by atoms with Crippen LogP contribution < -0.4 is 4.72 Å². The van der Waals surface area contributed by atoms with E-state index in [1.807, 2.05) is 19.1 Å². The van der Waals surface area contributed by atoms with Crippen LogP contribution in [0.2, 0.25) is 5.02 Å². The van der Waals surface area contributed by atoms with Gasteiger partial charge in [0, 0.05) is 0 Å². The van der Waals surface area contributed by atoms with Crippen molar-refractivity contribution in [3.63, 3.8) is 0 Å². The number of nitrogens with zero attached hydrogens (tertiary/aromatic N) is 1. The number of nitriles is 1. The van der Waals surface area contributed by atoms with Crippen LogP contribution in [0.5, 0.6) is 0 Å². The molecule has 6 heteroatoms. The quantitative estimate of drug-likeness (QED) is 0.945. The molecule has 20 heavy (non-hydrogen) atoms. The van der Waals surface area contributed by atoms with E-state index in [0.29, 0.717) is 5.56 Å². The van der Waals surface area contributed by atoms with E-state index < -0.39 is 10.0 Å². The van der Waals surface area contributed by atoms with E-state index in [0.717, 1.165) is 5.56 Å². The van der Waals surface area contributed by atoms with Crippen LogP contribution in [0, 0.1) is 18.3 Å². The Kier molecular flexibility index (Phi) is 3.98. The summed E-state index contributed by atoms with van der Waals surface area (Å²) in [5.41, 5.74) is 1.35. The summed E-state index contributed by atoms with van der Waals surface area (Å²) in [6.45, 7) is 1.81. The van der Waals surface area contributed by atoms with Gasteiger partial charge in [-0.2, -0.15) is 5.26 Å². The minimum Gasteiger partial charge on any atom is -0.278 e. The molecule has 0 aliphatic carbocycles. The molecule has 0 unspecified atom stereocenters. The van der Waals surface area contributed by atoms with Crippen LogP contribution in [0.15, 0.2) is 47.4 Å². The van der Waals surface area contributed by atoms with E-state index in [4.69, 9.17) is 16.9 Å². The molecule has 2 aromatic carbocycles. The normalized spacial score (nSPS) is 10.8. The van der Waals surface area contributed by atoms with Crippen LogP contribution in [-0.4, -0.2) is 8.42 Å². The summed E-state index contributed by atoms with van der Waals surface area (Å²) in [5.74, 6) is 0. The zero-order chi connectivity index (χ0) is 14.8. The first kappa shape index (κ1) is 14.4. The minimum atomic E-state index is -3.73. The molecule has 0 aromatic heterocycles. The molecule has 0 bridgehead atoms. The second-order valence-corrected chi connectivity index (χ2v) is 6.32. The number of hydrogen-bond donors (Lipinski definition) is 1. The first-order valence-corrected chi connectivity index (χ1v) is 7.57. The van der Waals surface area contributed by atoms with Gasteiger partial charge in [0.15, 0.2) is 0 Å². The maximum absolute atomic E-state index is 12.3. The lowest BCUT2D eigenvalue weighted by Gasteiger charge is -2.10. The molecule has 102 valence electrons. The topological polar surface area (TPSA) is 70.0 Å². The van der Waals surface area contributed by atoms with E-state index in [2.05, 4.69) is 4.72 Å². The smallest absolute Gasteiger partial charge is 0.261 e. The van der Waals surface area contributed by atoms with E-state index in [1.54, 1.807) is 12.1 Å². The Labute approximate surface area is 122 Å². The Morgan fingerprint density at radius 3 is 2.60 bits per heavy atom. The Morgan fingerprint density at radius 2 is 1.95 bits per heavy atom. The Morgan fingerprint density at radius 1 is 1.20 bits per heavy atom. The molecule has 0 spiro atoms.